The molecule has 2 atom stereocenters. The number of fused-ring (bicyclic) bond motifs is 2. The van der Waals surface area contributed by atoms with E-state index in [0.29, 0.717) is 60.0 Å². The number of carboxylic acid groups (broad SMARTS) is 1. The largest absolute Gasteiger partial charge is 0.493 e. The Labute approximate surface area is 236 Å². The van der Waals surface area contributed by atoms with Gasteiger partial charge in [0, 0.05) is 46.4 Å². The Hall–Kier alpha value is -4.90. The maximum atomic E-state index is 15.1. The standard InChI is InChI=1S/C33H27FN2O5/c1-19-3-2-4-27(36-19)20-5-11-28(22(15-20)17-35)41-29-13-10-26(34)33-25(29)9-12-30(33)40-23-7-8-24-21(6-14-32(37)38)18-39-31(24)16-23/h2-5,7-8,10-11,13,15-16,21,30H,6,9,12,14,18H2,1H3,(H,37,38)/t21-,30-/m1/s1. The first kappa shape index (κ1) is 26.3. The number of pyridine rings is 1. The fraction of sp³-hybridized carbons (Fsp3) is 0.242. The van der Waals surface area contributed by atoms with Crippen LogP contribution in [0, 0.1) is 24.1 Å². The van der Waals surface area contributed by atoms with E-state index in [1.54, 1.807) is 24.3 Å². The van der Waals surface area contributed by atoms with Crippen LogP contribution in [0.3, 0.4) is 0 Å². The van der Waals surface area contributed by atoms with Crippen molar-refractivity contribution >= 4 is 5.97 Å². The third kappa shape index (κ3) is 5.31. The second kappa shape index (κ2) is 10.9. The van der Waals surface area contributed by atoms with Crippen LogP contribution >= 0.6 is 0 Å². The van der Waals surface area contributed by atoms with Crippen molar-refractivity contribution < 1.29 is 28.5 Å². The summed E-state index contributed by atoms with van der Waals surface area (Å²) in [5.74, 6) is 0.922. The van der Waals surface area contributed by atoms with E-state index in [4.69, 9.17) is 19.3 Å². The van der Waals surface area contributed by atoms with E-state index in [1.165, 1.54) is 6.07 Å². The summed E-state index contributed by atoms with van der Waals surface area (Å²) < 4.78 is 33.4. The number of nitrogens with zero attached hydrogens (tertiary/aromatic N) is 2. The highest BCUT2D eigenvalue weighted by Crippen LogP contribution is 2.45. The molecule has 6 rings (SSSR count). The summed E-state index contributed by atoms with van der Waals surface area (Å²) in [5, 5.41) is 18.8. The van der Waals surface area contributed by atoms with Gasteiger partial charge in [-0.15, -0.1) is 0 Å². The van der Waals surface area contributed by atoms with Crippen molar-refractivity contribution in [1.82, 2.24) is 4.98 Å². The quantitative estimate of drug-likeness (QED) is 0.246. The first-order chi connectivity index (χ1) is 19.9. The molecule has 1 aliphatic carbocycles. The van der Waals surface area contributed by atoms with Gasteiger partial charge in [-0.1, -0.05) is 12.1 Å². The molecule has 2 heterocycles. The Balaban J connectivity index is 1.22. The number of halogens is 1. The molecule has 0 saturated carbocycles. The van der Waals surface area contributed by atoms with Crippen LogP contribution < -0.4 is 14.2 Å². The number of aromatic nitrogens is 1. The predicted octanol–water partition coefficient (Wildman–Crippen LogP) is 7.27. The van der Waals surface area contributed by atoms with Crippen molar-refractivity contribution in [3.8, 4) is 40.3 Å². The van der Waals surface area contributed by atoms with Crippen molar-refractivity contribution in [2.75, 3.05) is 6.61 Å². The third-order valence-corrected chi connectivity index (χ3v) is 7.59. The number of carboxylic acids is 1. The molecule has 7 nitrogen and oxygen atoms in total. The molecule has 0 amide bonds. The Bertz CT molecular complexity index is 1700. The number of aryl methyl sites for hydroxylation is 1. The van der Waals surface area contributed by atoms with Crippen LogP contribution in [0.2, 0.25) is 0 Å². The number of carbonyl (C=O) groups is 1. The molecule has 0 spiro atoms. The lowest BCUT2D eigenvalue weighted by Crippen LogP contribution is -2.06. The molecular formula is C33H27FN2O5. The van der Waals surface area contributed by atoms with Crippen molar-refractivity contribution in [2.45, 2.75) is 44.6 Å². The van der Waals surface area contributed by atoms with Crippen molar-refractivity contribution in [1.29, 1.82) is 5.26 Å². The van der Waals surface area contributed by atoms with Crippen molar-refractivity contribution in [2.24, 2.45) is 0 Å². The monoisotopic (exact) mass is 550 g/mol. The summed E-state index contributed by atoms with van der Waals surface area (Å²) in [7, 11) is 0. The lowest BCUT2D eigenvalue weighted by atomic mass is 9.96. The third-order valence-electron chi connectivity index (χ3n) is 7.59. The molecule has 0 fully saturated rings. The highest BCUT2D eigenvalue weighted by molar-refractivity contribution is 5.67. The molecule has 3 aromatic carbocycles. The van der Waals surface area contributed by atoms with Gasteiger partial charge in [0.15, 0.2) is 0 Å². The minimum atomic E-state index is -0.830. The van der Waals surface area contributed by atoms with Crippen LogP contribution in [0.1, 0.15) is 59.2 Å². The number of benzene rings is 3. The number of rotatable bonds is 8. The SMILES string of the molecule is Cc1cccc(-c2ccc(Oc3ccc(F)c4c3CC[C@H]4Oc3ccc4c(c3)OC[C@H]4CCC(=O)O)c(C#N)c2)n1. The number of ether oxygens (including phenoxy) is 3. The van der Waals surface area contributed by atoms with E-state index in [9.17, 15) is 10.1 Å². The Morgan fingerprint density at radius 3 is 2.80 bits per heavy atom. The topological polar surface area (TPSA) is 102 Å². The predicted molar refractivity (Wildman–Crippen MR) is 149 cm³/mol. The molecule has 1 N–H and O–H groups in total. The Morgan fingerprint density at radius 1 is 1.15 bits per heavy atom. The summed E-state index contributed by atoms with van der Waals surface area (Å²) in [6, 6.07) is 21.7. The van der Waals surface area contributed by atoms with Crippen molar-refractivity contribution in [3.05, 3.63) is 100 Å². The zero-order chi connectivity index (χ0) is 28.5. The van der Waals surface area contributed by atoms with Crippen LogP contribution in [0.5, 0.6) is 23.0 Å². The average molecular weight is 551 g/mol. The molecule has 0 unspecified atom stereocenters. The van der Waals surface area contributed by atoms with E-state index in [-0.39, 0.29) is 18.2 Å². The zero-order valence-electron chi connectivity index (χ0n) is 22.4. The highest BCUT2D eigenvalue weighted by atomic mass is 19.1. The van der Waals surface area contributed by atoms with Crippen LogP contribution in [0.15, 0.2) is 66.7 Å². The average Bonchev–Trinajstić information content (AvgIpc) is 3.58. The van der Waals surface area contributed by atoms with Crippen molar-refractivity contribution in [3.63, 3.8) is 0 Å². The number of aliphatic carboxylic acids is 1. The smallest absolute Gasteiger partial charge is 0.303 e. The summed E-state index contributed by atoms with van der Waals surface area (Å²) in [5.41, 5.74) is 4.94. The zero-order valence-corrected chi connectivity index (χ0v) is 22.4. The molecule has 41 heavy (non-hydrogen) atoms. The molecular weight excluding hydrogens is 523 g/mol. The van der Waals surface area contributed by atoms with E-state index in [1.807, 2.05) is 43.3 Å². The molecule has 1 aliphatic heterocycles. The van der Waals surface area contributed by atoms with Gasteiger partial charge in [-0.25, -0.2) is 4.39 Å². The number of hydrogen-bond donors (Lipinski definition) is 1. The van der Waals surface area contributed by atoms with Gasteiger partial charge in [-0.2, -0.15) is 5.26 Å². The summed E-state index contributed by atoms with van der Waals surface area (Å²) >= 11 is 0. The maximum absolute atomic E-state index is 15.1. The molecule has 2 aliphatic rings. The molecule has 0 radical (unpaired) electrons. The second-order valence-corrected chi connectivity index (χ2v) is 10.3. The molecule has 206 valence electrons. The summed E-state index contributed by atoms with van der Waals surface area (Å²) in [6.07, 6.45) is 1.19. The van der Waals surface area contributed by atoms with E-state index in [2.05, 4.69) is 11.1 Å². The van der Waals surface area contributed by atoms with Gasteiger partial charge in [0.2, 0.25) is 0 Å². The second-order valence-electron chi connectivity index (χ2n) is 10.3. The summed E-state index contributed by atoms with van der Waals surface area (Å²) in [6.45, 7) is 2.34. The fourth-order valence-electron chi connectivity index (χ4n) is 5.57. The minimum Gasteiger partial charge on any atom is -0.493 e. The van der Waals surface area contributed by atoms with Gasteiger partial charge in [0.05, 0.1) is 17.9 Å². The van der Waals surface area contributed by atoms with E-state index >= 15 is 4.39 Å². The minimum absolute atomic E-state index is 0.0277. The van der Waals surface area contributed by atoms with Crippen LogP contribution in [0.25, 0.3) is 11.3 Å². The van der Waals surface area contributed by atoms with Gasteiger partial charge in [0.1, 0.15) is 41.0 Å². The Kier molecular flexibility index (Phi) is 7.02. The van der Waals surface area contributed by atoms with Gasteiger partial charge >= 0.3 is 5.97 Å². The maximum Gasteiger partial charge on any atom is 0.303 e. The normalized spacial score (nSPS) is 16.8. The van der Waals surface area contributed by atoms with Crippen LogP contribution in [-0.2, 0) is 11.2 Å². The van der Waals surface area contributed by atoms with Gasteiger partial charge in [-0.05, 0) is 74.7 Å². The first-order valence-electron chi connectivity index (χ1n) is 13.5. The van der Waals surface area contributed by atoms with Gasteiger partial charge < -0.3 is 19.3 Å². The highest BCUT2D eigenvalue weighted by Gasteiger charge is 2.32. The van der Waals surface area contributed by atoms with E-state index < -0.39 is 12.1 Å². The number of hydrogen-bond acceptors (Lipinski definition) is 6. The molecule has 1 aromatic heterocycles. The fourth-order valence-corrected chi connectivity index (χ4v) is 5.57. The Morgan fingerprint density at radius 2 is 2.00 bits per heavy atom. The number of nitriles is 1. The van der Waals surface area contributed by atoms with Crippen LogP contribution in [-0.4, -0.2) is 22.7 Å². The molecule has 4 aromatic rings. The molecule has 0 bridgehead atoms. The van der Waals surface area contributed by atoms with Gasteiger partial charge in [-0.3, -0.25) is 9.78 Å². The summed E-state index contributed by atoms with van der Waals surface area (Å²) in [4.78, 5) is 15.5. The molecule has 8 heteroatoms. The lowest BCUT2D eigenvalue weighted by molar-refractivity contribution is -0.137. The lowest BCUT2D eigenvalue weighted by Gasteiger charge is -2.18. The van der Waals surface area contributed by atoms with Crippen LogP contribution in [0.4, 0.5) is 4.39 Å². The first-order valence-corrected chi connectivity index (χ1v) is 13.5. The van der Waals surface area contributed by atoms with Gasteiger partial charge in [0.25, 0.3) is 0 Å². The van der Waals surface area contributed by atoms with E-state index in [0.717, 1.165) is 28.1 Å². The molecule has 0 saturated heterocycles.